The van der Waals surface area contributed by atoms with Crippen LogP contribution in [0.4, 0.5) is 0 Å². The number of primary amides is 1. The van der Waals surface area contributed by atoms with Gasteiger partial charge in [0.1, 0.15) is 18.1 Å². The number of aromatic amines is 2. The summed E-state index contributed by atoms with van der Waals surface area (Å²) < 4.78 is 0. The minimum absolute atomic E-state index is 0.0132. The highest BCUT2D eigenvalue weighted by atomic mass is 16.4. The molecule has 3 heterocycles. The first-order valence-corrected chi connectivity index (χ1v) is 13.3. The maximum atomic E-state index is 13.3. The molecule has 0 aliphatic carbocycles. The third-order valence-corrected chi connectivity index (χ3v) is 7.18. The van der Waals surface area contributed by atoms with Crippen LogP contribution in [-0.2, 0) is 36.8 Å². The van der Waals surface area contributed by atoms with E-state index in [0.717, 1.165) is 10.9 Å². The fourth-order valence-corrected chi connectivity index (χ4v) is 5.05. The predicted molar refractivity (Wildman–Crippen MR) is 147 cm³/mol. The molecule has 0 radical (unpaired) electrons. The SMILES string of the molecule is NC(=O)CCC(NC(=O)C1CCCN1C(=O)C(N)Cc1cnc[nH]1)C(=O)NC(Cc1c[nH]c2ccccc12)C(=O)O. The molecule has 1 aliphatic rings. The number of nitrogens with two attached hydrogens (primary N) is 2. The Morgan fingerprint density at radius 1 is 1.10 bits per heavy atom. The van der Waals surface area contributed by atoms with Gasteiger partial charge in [0.05, 0.1) is 12.4 Å². The van der Waals surface area contributed by atoms with E-state index in [9.17, 15) is 29.1 Å². The summed E-state index contributed by atoms with van der Waals surface area (Å²) in [4.78, 5) is 74.4. The molecule has 9 N–H and O–H groups in total. The Morgan fingerprint density at radius 2 is 1.88 bits per heavy atom. The van der Waals surface area contributed by atoms with E-state index >= 15 is 0 Å². The number of carboxylic acids is 1. The van der Waals surface area contributed by atoms with Crippen LogP contribution in [0.3, 0.4) is 0 Å². The summed E-state index contributed by atoms with van der Waals surface area (Å²) in [5.74, 6) is -3.74. The summed E-state index contributed by atoms with van der Waals surface area (Å²) in [6, 6.07) is 3.02. The maximum Gasteiger partial charge on any atom is 0.326 e. The largest absolute Gasteiger partial charge is 0.480 e. The zero-order valence-electron chi connectivity index (χ0n) is 22.3. The molecule has 1 fully saturated rings. The van der Waals surface area contributed by atoms with Gasteiger partial charge in [-0.1, -0.05) is 18.2 Å². The first-order valence-electron chi connectivity index (χ1n) is 13.3. The number of carbonyl (C=O) groups excluding carboxylic acids is 4. The van der Waals surface area contributed by atoms with E-state index < -0.39 is 53.8 Å². The molecule has 0 saturated carbocycles. The number of imidazole rings is 1. The van der Waals surface area contributed by atoms with Crippen molar-refractivity contribution in [3.8, 4) is 0 Å². The average molecular weight is 567 g/mol. The molecule has 0 spiro atoms. The predicted octanol–water partition coefficient (Wildman–Crippen LogP) is -0.686. The van der Waals surface area contributed by atoms with Gasteiger partial charge < -0.3 is 42.1 Å². The number of hydrogen-bond acceptors (Lipinski definition) is 7. The lowest BCUT2D eigenvalue weighted by Gasteiger charge is -2.28. The van der Waals surface area contributed by atoms with Crippen molar-refractivity contribution < 1.29 is 29.1 Å². The first-order chi connectivity index (χ1) is 19.6. The molecule has 218 valence electrons. The number of carbonyl (C=O) groups is 5. The second-order valence-corrected chi connectivity index (χ2v) is 10.1. The number of rotatable bonds is 13. The van der Waals surface area contributed by atoms with Gasteiger partial charge in [-0.3, -0.25) is 19.2 Å². The van der Waals surface area contributed by atoms with E-state index in [4.69, 9.17) is 11.5 Å². The first kappa shape index (κ1) is 29.3. The monoisotopic (exact) mass is 566 g/mol. The zero-order valence-corrected chi connectivity index (χ0v) is 22.3. The summed E-state index contributed by atoms with van der Waals surface area (Å²) in [6.07, 6.45) is 5.47. The fourth-order valence-electron chi connectivity index (χ4n) is 5.05. The number of para-hydroxylation sites is 1. The highest BCUT2D eigenvalue weighted by Crippen LogP contribution is 2.21. The summed E-state index contributed by atoms with van der Waals surface area (Å²) in [6.45, 7) is 0.317. The standard InChI is InChI=1S/C27H34N8O6/c28-18(11-16-13-30-14-32-16)26(39)35-9-3-6-22(35)25(38)33-20(7-8-23(29)36)24(37)34-21(27(40)41)10-15-12-31-19-5-2-1-4-17(15)19/h1-2,4-5,12-14,18,20-22,31H,3,6-11,28H2,(H2,29,36)(H,30,32)(H,33,38)(H,34,37)(H,40,41). The second kappa shape index (κ2) is 13.1. The lowest BCUT2D eigenvalue weighted by Crippen LogP contribution is -2.57. The Labute approximate surface area is 235 Å². The smallest absolute Gasteiger partial charge is 0.326 e. The van der Waals surface area contributed by atoms with E-state index in [0.29, 0.717) is 30.6 Å². The van der Waals surface area contributed by atoms with Crippen LogP contribution < -0.4 is 22.1 Å². The van der Waals surface area contributed by atoms with Crippen LogP contribution in [0.5, 0.6) is 0 Å². The quantitative estimate of drug-likeness (QED) is 0.140. The average Bonchev–Trinajstić information content (AvgIpc) is 3.71. The Hall–Kier alpha value is -4.72. The molecular weight excluding hydrogens is 532 g/mol. The van der Waals surface area contributed by atoms with Crippen LogP contribution in [0.2, 0.25) is 0 Å². The number of aliphatic carboxylic acids is 1. The Bertz CT molecular complexity index is 1400. The van der Waals surface area contributed by atoms with Gasteiger partial charge in [-0.25, -0.2) is 9.78 Å². The number of carboxylic acid groups (broad SMARTS) is 1. The fraction of sp³-hybridized carbons (Fsp3) is 0.407. The molecular formula is C27H34N8O6. The maximum absolute atomic E-state index is 13.3. The third kappa shape index (κ3) is 7.28. The molecule has 1 aliphatic heterocycles. The van der Waals surface area contributed by atoms with Gasteiger partial charge in [0.25, 0.3) is 0 Å². The number of benzene rings is 1. The topological polar surface area (TPSA) is 229 Å². The van der Waals surface area contributed by atoms with Gasteiger partial charge in [0.2, 0.25) is 23.6 Å². The van der Waals surface area contributed by atoms with Crippen molar-refractivity contribution in [3.63, 3.8) is 0 Å². The van der Waals surface area contributed by atoms with E-state index in [1.807, 2.05) is 24.3 Å². The molecule has 41 heavy (non-hydrogen) atoms. The van der Waals surface area contributed by atoms with Crippen molar-refractivity contribution in [2.75, 3.05) is 6.54 Å². The lowest BCUT2D eigenvalue weighted by molar-refractivity contribution is -0.143. The highest BCUT2D eigenvalue weighted by molar-refractivity contribution is 5.95. The molecule has 4 amide bonds. The number of likely N-dealkylation sites (tertiary alicyclic amines) is 1. The van der Waals surface area contributed by atoms with Crippen LogP contribution in [0.1, 0.15) is 36.9 Å². The van der Waals surface area contributed by atoms with Crippen molar-refractivity contribution in [3.05, 3.63) is 54.2 Å². The number of hydrogen-bond donors (Lipinski definition) is 7. The van der Waals surface area contributed by atoms with E-state index in [1.54, 1.807) is 12.4 Å². The number of H-pyrrole nitrogens is 2. The number of fused-ring (bicyclic) bond motifs is 1. The molecule has 0 bridgehead atoms. The van der Waals surface area contributed by atoms with Gasteiger partial charge in [0.15, 0.2) is 0 Å². The molecule has 4 rings (SSSR count). The molecule has 2 aromatic heterocycles. The Morgan fingerprint density at radius 3 is 2.59 bits per heavy atom. The van der Waals surface area contributed by atoms with Gasteiger partial charge in [0, 0.05) is 54.8 Å². The van der Waals surface area contributed by atoms with Crippen molar-refractivity contribution in [2.24, 2.45) is 11.5 Å². The molecule has 14 nitrogen and oxygen atoms in total. The van der Waals surface area contributed by atoms with Crippen molar-refractivity contribution in [2.45, 2.75) is 62.7 Å². The van der Waals surface area contributed by atoms with Crippen LogP contribution in [0.15, 0.2) is 43.0 Å². The molecule has 3 aromatic rings. The molecule has 4 unspecified atom stereocenters. The van der Waals surface area contributed by atoms with Crippen molar-refractivity contribution >= 4 is 40.5 Å². The van der Waals surface area contributed by atoms with Crippen molar-refractivity contribution in [1.29, 1.82) is 0 Å². The normalized spacial score (nSPS) is 17.1. The minimum atomic E-state index is -1.31. The van der Waals surface area contributed by atoms with E-state index in [1.165, 1.54) is 11.2 Å². The van der Waals surface area contributed by atoms with Crippen molar-refractivity contribution in [1.82, 2.24) is 30.5 Å². The van der Waals surface area contributed by atoms with Gasteiger partial charge in [-0.2, -0.15) is 0 Å². The number of nitrogens with one attached hydrogen (secondary N) is 4. The lowest BCUT2D eigenvalue weighted by atomic mass is 10.0. The molecule has 4 atom stereocenters. The van der Waals surface area contributed by atoms with Gasteiger partial charge in [-0.05, 0) is 30.9 Å². The molecule has 1 saturated heterocycles. The Balaban J connectivity index is 1.44. The third-order valence-electron chi connectivity index (χ3n) is 7.18. The number of amides is 4. The molecule has 14 heteroatoms. The summed E-state index contributed by atoms with van der Waals surface area (Å²) in [7, 11) is 0. The highest BCUT2D eigenvalue weighted by Gasteiger charge is 2.38. The van der Waals surface area contributed by atoms with Crippen LogP contribution in [-0.4, -0.2) is 85.3 Å². The van der Waals surface area contributed by atoms with Crippen LogP contribution in [0.25, 0.3) is 10.9 Å². The zero-order chi connectivity index (χ0) is 29.5. The second-order valence-electron chi connectivity index (χ2n) is 10.1. The summed E-state index contributed by atoms with van der Waals surface area (Å²) in [5.41, 5.74) is 13.6. The summed E-state index contributed by atoms with van der Waals surface area (Å²) in [5, 5.41) is 15.8. The van der Waals surface area contributed by atoms with E-state index in [2.05, 4.69) is 25.6 Å². The number of nitrogens with zero attached hydrogens (tertiary/aromatic N) is 2. The minimum Gasteiger partial charge on any atom is -0.480 e. The summed E-state index contributed by atoms with van der Waals surface area (Å²) >= 11 is 0. The van der Waals surface area contributed by atoms with E-state index in [-0.39, 0.29) is 25.7 Å². The van der Waals surface area contributed by atoms with Crippen LogP contribution in [0, 0.1) is 0 Å². The van der Waals surface area contributed by atoms with Gasteiger partial charge >= 0.3 is 5.97 Å². The molecule has 1 aromatic carbocycles. The van der Waals surface area contributed by atoms with Crippen LogP contribution >= 0.6 is 0 Å². The Kier molecular flexibility index (Phi) is 9.34. The van der Waals surface area contributed by atoms with Gasteiger partial charge in [-0.15, -0.1) is 0 Å². The number of aromatic nitrogens is 3.